The molecule has 140 valence electrons. The van der Waals surface area contributed by atoms with Crippen molar-refractivity contribution in [2.24, 2.45) is 0 Å². The van der Waals surface area contributed by atoms with Gasteiger partial charge in [-0.25, -0.2) is 4.39 Å². The second kappa shape index (κ2) is 8.73. The summed E-state index contributed by atoms with van der Waals surface area (Å²) in [6.45, 7) is 5.48. The van der Waals surface area contributed by atoms with Crippen molar-refractivity contribution in [1.29, 1.82) is 0 Å². The van der Waals surface area contributed by atoms with Gasteiger partial charge in [-0.1, -0.05) is 31.2 Å². The van der Waals surface area contributed by atoms with Crippen molar-refractivity contribution in [2.45, 2.75) is 26.8 Å². The number of anilines is 1. The summed E-state index contributed by atoms with van der Waals surface area (Å²) in [6, 6.07) is 14.3. The fraction of sp³-hybridized carbons (Fsp3) is 0.273. The molecule has 0 radical (unpaired) electrons. The number of carbonyl (C=O) groups excluding carboxylic acids is 1. The predicted octanol–water partition coefficient (Wildman–Crippen LogP) is 4.53. The molecular formula is C22H24FN3O. The Morgan fingerprint density at radius 2 is 2.00 bits per heavy atom. The lowest BCUT2D eigenvalue weighted by molar-refractivity contribution is -0.117. The number of carbonyl (C=O) groups is 1. The van der Waals surface area contributed by atoms with Crippen LogP contribution in [0, 0.1) is 12.7 Å². The number of aryl methyl sites for hydroxylation is 1. The molecule has 0 fully saturated rings. The fourth-order valence-electron chi connectivity index (χ4n) is 3.23. The first-order valence-electron chi connectivity index (χ1n) is 9.18. The smallest absolute Gasteiger partial charge is 0.238 e. The van der Waals surface area contributed by atoms with E-state index in [9.17, 15) is 9.18 Å². The van der Waals surface area contributed by atoms with E-state index >= 15 is 0 Å². The van der Waals surface area contributed by atoms with Gasteiger partial charge in [0, 0.05) is 23.8 Å². The zero-order valence-corrected chi connectivity index (χ0v) is 15.7. The van der Waals surface area contributed by atoms with E-state index < -0.39 is 0 Å². The summed E-state index contributed by atoms with van der Waals surface area (Å²) in [5, 5.41) is 3.73. The van der Waals surface area contributed by atoms with Gasteiger partial charge in [-0.2, -0.15) is 0 Å². The topological polar surface area (TPSA) is 45.2 Å². The second-order valence-corrected chi connectivity index (χ2v) is 6.71. The van der Waals surface area contributed by atoms with Crippen LogP contribution in [0.4, 0.5) is 10.1 Å². The van der Waals surface area contributed by atoms with Gasteiger partial charge < -0.3 is 5.32 Å². The van der Waals surface area contributed by atoms with E-state index in [1.165, 1.54) is 12.1 Å². The SMILES string of the molecule is CCCN(CC(=O)Nc1ccccc1C)Cc1cc(F)cc2cccnc12. The Hall–Kier alpha value is -2.79. The quantitative estimate of drug-likeness (QED) is 0.669. The Labute approximate surface area is 159 Å². The number of rotatable bonds is 7. The molecule has 0 saturated heterocycles. The van der Waals surface area contributed by atoms with Gasteiger partial charge in [0.15, 0.2) is 0 Å². The summed E-state index contributed by atoms with van der Waals surface area (Å²) in [5.74, 6) is -0.363. The van der Waals surface area contributed by atoms with Gasteiger partial charge in [0.2, 0.25) is 5.91 Å². The van der Waals surface area contributed by atoms with Crippen molar-refractivity contribution in [3.8, 4) is 0 Å². The number of nitrogens with one attached hydrogen (secondary N) is 1. The van der Waals surface area contributed by atoms with Crippen LogP contribution in [-0.2, 0) is 11.3 Å². The maximum Gasteiger partial charge on any atom is 0.238 e. The summed E-state index contributed by atoms with van der Waals surface area (Å²) in [6.07, 6.45) is 2.61. The molecule has 0 spiro atoms. The molecule has 0 bridgehead atoms. The third-order valence-corrected chi connectivity index (χ3v) is 4.47. The van der Waals surface area contributed by atoms with Crippen LogP contribution in [0.5, 0.6) is 0 Å². The van der Waals surface area contributed by atoms with E-state index in [1.54, 1.807) is 12.3 Å². The summed E-state index contributed by atoms with van der Waals surface area (Å²) < 4.78 is 14.0. The van der Waals surface area contributed by atoms with Crippen molar-refractivity contribution in [3.05, 3.63) is 71.7 Å². The normalized spacial score (nSPS) is 11.1. The number of halogens is 1. The summed E-state index contributed by atoms with van der Waals surface area (Å²) >= 11 is 0. The maximum absolute atomic E-state index is 14.0. The molecule has 2 aromatic carbocycles. The Morgan fingerprint density at radius 1 is 1.19 bits per heavy atom. The molecule has 1 heterocycles. The highest BCUT2D eigenvalue weighted by Crippen LogP contribution is 2.20. The first-order valence-corrected chi connectivity index (χ1v) is 9.18. The molecule has 3 aromatic rings. The van der Waals surface area contributed by atoms with Crippen molar-refractivity contribution in [3.63, 3.8) is 0 Å². The van der Waals surface area contributed by atoms with E-state index in [0.29, 0.717) is 6.54 Å². The average molecular weight is 365 g/mol. The minimum Gasteiger partial charge on any atom is -0.325 e. The van der Waals surface area contributed by atoms with Crippen LogP contribution >= 0.6 is 0 Å². The maximum atomic E-state index is 14.0. The Bertz CT molecular complexity index is 942. The van der Waals surface area contributed by atoms with Gasteiger partial charge in [-0.05, 0) is 55.3 Å². The molecule has 0 aliphatic carbocycles. The minimum atomic E-state index is -0.286. The lowest BCUT2D eigenvalue weighted by atomic mass is 10.1. The summed E-state index contributed by atoms with van der Waals surface area (Å²) in [5.41, 5.74) is 3.41. The average Bonchev–Trinajstić information content (AvgIpc) is 2.63. The van der Waals surface area contributed by atoms with Crippen LogP contribution in [0.1, 0.15) is 24.5 Å². The highest BCUT2D eigenvalue weighted by atomic mass is 19.1. The van der Waals surface area contributed by atoms with E-state index in [-0.39, 0.29) is 18.3 Å². The summed E-state index contributed by atoms with van der Waals surface area (Å²) in [4.78, 5) is 19.0. The highest BCUT2D eigenvalue weighted by molar-refractivity contribution is 5.93. The third kappa shape index (κ3) is 4.89. The fourth-order valence-corrected chi connectivity index (χ4v) is 3.23. The lowest BCUT2D eigenvalue weighted by Gasteiger charge is -2.22. The van der Waals surface area contributed by atoms with Crippen molar-refractivity contribution < 1.29 is 9.18 Å². The lowest BCUT2D eigenvalue weighted by Crippen LogP contribution is -2.33. The number of hydrogen-bond donors (Lipinski definition) is 1. The van der Waals surface area contributed by atoms with E-state index in [1.807, 2.05) is 42.2 Å². The Morgan fingerprint density at radius 3 is 2.78 bits per heavy atom. The molecule has 0 unspecified atom stereocenters. The highest BCUT2D eigenvalue weighted by Gasteiger charge is 2.14. The van der Waals surface area contributed by atoms with E-state index in [0.717, 1.165) is 40.7 Å². The van der Waals surface area contributed by atoms with Crippen LogP contribution in [0.15, 0.2) is 54.7 Å². The number of amides is 1. The Balaban J connectivity index is 1.76. The monoisotopic (exact) mass is 365 g/mol. The van der Waals surface area contributed by atoms with Gasteiger partial charge in [0.25, 0.3) is 0 Å². The van der Waals surface area contributed by atoms with Crippen LogP contribution < -0.4 is 5.32 Å². The molecule has 0 atom stereocenters. The van der Waals surface area contributed by atoms with Gasteiger partial charge in [-0.3, -0.25) is 14.7 Å². The molecule has 1 N–H and O–H groups in total. The van der Waals surface area contributed by atoms with Gasteiger partial charge in [0.1, 0.15) is 5.82 Å². The van der Waals surface area contributed by atoms with Crippen molar-refractivity contribution >= 4 is 22.5 Å². The second-order valence-electron chi connectivity index (χ2n) is 6.71. The zero-order valence-electron chi connectivity index (χ0n) is 15.7. The molecule has 0 aliphatic heterocycles. The predicted molar refractivity (Wildman–Crippen MR) is 107 cm³/mol. The minimum absolute atomic E-state index is 0.0774. The number of nitrogens with zero attached hydrogens (tertiary/aromatic N) is 2. The number of pyridine rings is 1. The molecular weight excluding hydrogens is 341 g/mol. The third-order valence-electron chi connectivity index (χ3n) is 4.47. The largest absolute Gasteiger partial charge is 0.325 e. The van der Waals surface area contributed by atoms with Gasteiger partial charge >= 0.3 is 0 Å². The number of aromatic nitrogens is 1. The number of para-hydroxylation sites is 1. The first-order chi connectivity index (χ1) is 13.1. The van der Waals surface area contributed by atoms with Gasteiger partial charge in [-0.15, -0.1) is 0 Å². The van der Waals surface area contributed by atoms with Crippen LogP contribution in [0.2, 0.25) is 0 Å². The molecule has 27 heavy (non-hydrogen) atoms. The zero-order chi connectivity index (χ0) is 19.2. The van der Waals surface area contributed by atoms with Crippen molar-refractivity contribution in [2.75, 3.05) is 18.4 Å². The molecule has 0 aliphatic rings. The summed E-state index contributed by atoms with van der Waals surface area (Å²) in [7, 11) is 0. The number of fused-ring (bicyclic) bond motifs is 1. The molecule has 4 nitrogen and oxygen atoms in total. The molecule has 1 amide bonds. The molecule has 5 heteroatoms. The van der Waals surface area contributed by atoms with Crippen LogP contribution in [0.25, 0.3) is 10.9 Å². The standard InChI is InChI=1S/C22H24FN3O/c1-3-11-26(15-21(27)25-20-9-5-4-7-16(20)2)14-18-13-19(23)12-17-8-6-10-24-22(17)18/h4-10,12-13H,3,11,14-15H2,1-2H3,(H,25,27). The number of hydrogen-bond acceptors (Lipinski definition) is 3. The molecule has 3 rings (SSSR count). The van der Waals surface area contributed by atoms with Gasteiger partial charge in [0.05, 0.1) is 12.1 Å². The number of benzene rings is 2. The van der Waals surface area contributed by atoms with Crippen LogP contribution in [-0.4, -0.2) is 28.9 Å². The van der Waals surface area contributed by atoms with E-state index in [4.69, 9.17) is 0 Å². The molecule has 0 saturated carbocycles. The van der Waals surface area contributed by atoms with E-state index in [2.05, 4.69) is 17.2 Å². The van der Waals surface area contributed by atoms with Crippen LogP contribution in [0.3, 0.4) is 0 Å². The Kier molecular flexibility index (Phi) is 6.14. The molecule has 1 aromatic heterocycles. The van der Waals surface area contributed by atoms with Crippen molar-refractivity contribution in [1.82, 2.24) is 9.88 Å². The first kappa shape index (κ1) is 19.0.